The monoisotopic (exact) mass is 499 g/mol. The van der Waals surface area contributed by atoms with E-state index < -0.39 is 0 Å². The molecule has 0 aliphatic rings. The first-order chi connectivity index (χ1) is 17.6. The van der Waals surface area contributed by atoms with Crippen LogP contribution in [0.4, 0.5) is 5.69 Å². The molecule has 0 amide bonds. The zero-order valence-electron chi connectivity index (χ0n) is 23.8. The fourth-order valence-electron chi connectivity index (χ4n) is 3.67. The van der Waals surface area contributed by atoms with E-state index in [2.05, 4.69) is 119 Å². The molecule has 3 aromatic carbocycles. The normalized spacial score (nSPS) is 11.9. The molecule has 37 heavy (non-hydrogen) atoms. The summed E-state index contributed by atoms with van der Waals surface area (Å²) in [6.45, 7) is 15.4. The van der Waals surface area contributed by atoms with Gasteiger partial charge in [0.15, 0.2) is 0 Å². The Hall–Kier alpha value is -3.37. The number of rotatable bonds is 9. The van der Waals surface area contributed by atoms with Crippen LogP contribution >= 0.6 is 0 Å². The molecule has 0 atom stereocenters. The van der Waals surface area contributed by atoms with Gasteiger partial charge >= 0.3 is 0 Å². The second kappa shape index (κ2) is 14.4. The molecule has 0 unspecified atom stereocenters. The largest absolute Gasteiger partial charge is 0.400 e. The number of nitrogens with zero attached hydrogens (tertiary/aromatic N) is 1. The van der Waals surface area contributed by atoms with Gasteiger partial charge in [-0.2, -0.15) is 0 Å². The minimum atomic E-state index is 0.150. The maximum absolute atomic E-state index is 11.0. The van der Waals surface area contributed by atoms with Crippen molar-refractivity contribution in [2.24, 2.45) is 5.73 Å². The van der Waals surface area contributed by atoms with E-state index in [4.69, 9.17) is 5.73 Å². The van der Waals surface area contributed by atoms with Crippen molar-refractivity contribution in [1.82, 2.24) is 4.90 Å². The quantitative estimate of drug-likeness (QED) is 0.303. The Bertz CT molecular complexity index is 1120. The lowest BCUT2D eigenvalue weighted by Crippen LogP contribution is -2.15. The van der Waals surface area contributed by atoms with Gasteiger partial charge in [0.2, 0.25) is 0 Å². The van der Waals surface area contributed by atoms with Gasteiger partial charge in [-0.1, -0.05) is 101 Å². The molecule has 198 valence electrons. The van der Waals surface area contributed by atoms with Crippen LogP contribution in [0.5, 0.6) is 0 Å². The molecule has 0 saturated carbocycles. The average molecular weight is 500 g/mol. The van der Waals surface area contributed by atoms with Crippen LogP contribution in [-0.4, -0.2) is 31.3 Å². The van der Waals surface area contributed by atoms with Crippen molar-refractivity contribution in [3.63, 3.8) is 0 Å². The molecular formula is C33H45N3O. The Morgan fingerprint density at radius 2 is 1.38 bits per heavy atom. The highest BCUT2D eigenvalue weighted by molar-refractivity contribution is 5.64. The second-order valence-corrected chi connectivity index (χ2v) is 10.6. The minimum Gasteiger partial charge on any atom is -0.400 e. The molecule has 3 rings (SSSR count). The van der Waals surface area contributed by atoms with Crippen molar-refractivity contribution in [2.45, 2.75) is 59.8 Å². The topological polar surface area (TPSA) is 58.4 Å². The number of hydrogen-bond donors (Lipinski definition) is 2. The standard InChI is InChI=1S/C28H32N2O.C5H13N/c1-20-5-15-25(16-6-20)30-27(26(29)17-18-31)19-21-7-9-22(10-8-21)23-11-13-24(14-12-23)28(2,3)4;1-4-6(3)5-2/h5-16,18,30H,17,19,29H2,1-4H3;4-5H2,1-3H3/b27-26-;. The van der Waals surface area contributed by atoms with Gasteiger partial charge in [0.1, 0.15) is 6.29 Å². The van der Waals surface area contributed by atoms with Crippen LogP contribution in [0.2, 0.25) is 0 Å². The fourth-order valence-corrected chi connectivity index (χ4v) is 3.67. The van der Waals surface area contributed by atoms with Crippen molar-refractivity contribution in [3.8, 4) is 11.1 Å². The first kappa shape index (κ1) is 29.9. The van der Waals surface area contributed by atoms with Crippen molar-refractivity contribution in [3.05, 3.63) is 101 Å². The summed E-state index contributed by atoms with van der Waals surface area (Å²) < 4.78 is 0. The Morgan fingerprint density at radius 1 is 0.865 bits per heavy atom. The summed E-state index contributed by atoms with van der Waals surface area (Å²) in [7, 11) is 2.11. The number of benzene rings is 3. The number of allylic oxidation sites excluding steroid dienone is 2. The molecule has 0 spiro atoms. The minimum absolute atomic E-state index is 0.150. The lowest BCUT2D eigenvalue weighted by atomic mass is 9.86. The summed E-state index contributed by atoms with van der Waals surface area (Å²) in [4.78, 5) is 13.3. The predicted molar refractivity (Wildman–Crippen MR) is 160 cm³/mol. The number of aryl methyl sites for hydroxylation is 1. The Labute approximate surface area is 224 Å². The number of carbonyl (C=O) groups excluding carboxylic acids is 1. The average Bonchev–Trinajstić information content (AvgIpc) is 2.89. The van der Waals surface area contributed by atoms with Crippen LogP contribution in [0, 0.1) is 6.92 Å². The SMILES string of the molecule is CCN(C)CC.Cc1ccc(N/C(Cc2ccc(-c3ccc(C(C)(C)C)cc3)cc2)=C(\N)CC=O)cc1. The number of nitrogens with one attached hydrogen (secondary N) is 1. The maximum Gasteiger partial charge on any atom is 0.125 e. The van der Waals surface area contributed by atoms with E-state index in [0.717, 1.165) is 36.3 Å². The van der Waals surface area contributed by atoms with Crippen molar-refractivity contribution in [2.75, 3.05) is 25.5 Å². The summed E-state index contributed by atoms with van der Waals surface area (Å²) in [6.07, 6.45) is 1.69. The van der Waals surface area contributed by atoms with Gasteiger partial charge in [-0.3, -0.25) is 0 Å². The highest BCUT2D eigenvalue weighted by atomic mass is 16.1. The molecule has 3 N–H and O–H groups in total. The van der Waals surface area contributed by atoms with Gasteiger partial charge in [0.05, 0.1) is 0 Å². The summed E-state index contributed by atoms with van der Waals surface area (Å²) in [5, 5.41) is 3.40. The fraction of sp³-hybridized carbons (Fsp3) is 0.364. The van der Waals surface area contributed by atoms with Gasteiger partial charge in [0, 0.05) is 29.9 Å². The molecule has 0 aliphatic heterocycles. The van der Waals surface area contributed by atoms with Crippen molar-refractivity contribution in [1.29, 1.82) is 0 Å². The third kappa shape index (κ3) is 9.89. The zero-order chi connectivity index (χ0) is 27.4. The molecule has 3 aromatic rings. The molecule has 0 fully saturated rings. The van der Waals surface area contributed by atoms with Gasteiger partial charge in [-0.25, -0.2) is 0 Å². The molecule has 0 aromatic heterocycles. The molecule has 0 bridgehead atoms. The first-order valence-electron chi connectivity index (χ1n) is 13.2. The van der Waals surface area contributed by atoms with Crippen molar-refractivity contribution >= 4 is 12.0 Å². The molecule has 4 nitrogen and oxygen atoms in total. The van der Waals surface area contributed by atoms with Crippen LogP contribution in [0.1, 0.15) is 57.7 Å². The van der Waals surface area contributed by atoms with Crippen LogP contribution < -0.4 is 11.1 Å². The van der Waals surface area contributed by atoms with E-state index in [1.165, 1.54) is 22.3 Å². The zero-order valence-corrected chi connectivity index (χ0v) is 23.8. The van der Waals surface area contributed by atoms with E-state index in [0.29, 0.717) is 12.1 Å². The lowest BCUT2D eigenvalue weighted by molar-refractivity contribution is -0.107. The maximum atomic E-state index is 11.0. The number of anilines is 1. The van der Waals surface area contributed by atoms with E-state index in [-0.39, 0.29) is 11.8 Å². The van der Waals surface area contributed by atoms with Crippen LogP contribution in [0.3, 0.4) is 0 Å². The van der Waals surface area contributed by atoms with E-state index in [1.54, 1.807) is 0 Å². The highest BCUT2D eigenvalue weighted by Crippen LogP contribution is 2.27. The lowest BCUT2D eigenvalue weighted by Gasteiger charge is -2.19. The van der Waals surface area contributed by atoms with Crippen LogP contribution in [0.15, 0.2) is 84.2 Å². The highest BCUT2D eigenvalue weighted by Gasteiger charge is 2.13. The molecule has 0 saturated heterocycles. The van der Waals surface area contributed by atoms with Crippen LogP contribution in [-0.2, 0) is 16.6 Å². The molecule has 0 radical (unpaired) electrons. The molecular weight excluding hydrogens is 454 g/mol. The molecule has 0 heterocycles. The number of nitrogens with two attached hydrogens (primary N) is 1. The third-order valence-corrected chi connectivity index (χ3v) is 6.54. The number of carbonyl (C=O) groups is 1. The van der Waals surface area contributed by atoms with Crippen molar-refractivity contribution < 1.29 is 4.79 Å². The second-order valence-electron chi connectivity index (χ2n) is 10.6. The van der Waals surface area contributed by atoms with Crippen LogP contribution in [0.25, 0.3) is 11.1 Å². The molecule has 0 aliphatic carbocycles. The van der Waals surface area contributed by atoms with Gasteiger partial charge < -0.3 is 20.7 Å². The summed E-state index contributed by atoms with van der Waals surface area (Å²) in [6, 6.07) is 25.4. The Balaban J connectivity index is 0.000000717. The van der Waals surface area contributed by atoms with E-state index in [1.807, 2.05) is 12.1 Å². The van der Waals surface area contributed by atoms with E-state index >= 15 is 0 Å². The Morgan fingerprint density at radius 3 is 1.81 bits per heavy atom. The Kier molecular flexibility index (Phi) is 11.6. The van der Waals surface area contributed by atoms with Gasteiger partial charge in [0.25, 0.3) is 0 Å². The third-order valence-electron chi connectivity index (χ3n) is 6.54. The number of aldehydes is 1. The van der Waals surface area contributed by atoms with Gasteiger partial charge in [-0.05, 0) is 66.9 Å². The number of hydrogen-bond acceptors (Lipinski definition) is 4. The van der Waals surface area contributed by atoms with Gasteiger partial charge in [-0.15, -0.1) is 0 Å². The smallest absolute Gasteiger partial charge is 0.125 e. The predicted octanol–water partition coefficient (Wildman–Crippen LogP) is 7.33. The summed E-state index contributed by atoms with van der Waals surface area (Å²) >= 11 is 0. The molecule has 4 heteroatoms. The summed E-state index contributed by atoms with van der Waals surface area (Å²) in [5.41, 5.74) is 14.8. The summed E-state index contributed by atoms with van der Waals surface area (Å²) in [5.74, 6) is 0. The van der Waals surface area contributed by atoms with E-state index in [9.17, 15) is 4.79 Å². The first-order valence-corrected chi connectivity index (χ1v) is 13.2.